The zero-order valence-corrected chi connectivity index (χ0v) is 13.0. The summed E-state index contributed by atoms with van der Waals surface area (Å²) in [4.78, 5) is 13.5. The van der Waals surface area contributed by atoms with Crippen LogP contribution in [0.4, 0.5) is 0 Å². The van der Waals surface area contributed by atoms with Gasteiger partial charge in [-0.2, -0.15) is 0 Å². The minimum Gasteiger partial charge on any atom is -0.351 e. The molecular weight excluding hydrogens is 246 g/mol. The Balaban J connectivity index is 3.45. The Bertz CT molecular complexity index is 564. The summed E-state index contributed by atoms with van der Waals surface area (Å²) in [7, 11) is 2.00. The second kappa shape index (κ2) is 6.90. The van der Waals surface area contributed by atoms with E-state index in [1.165, 1.54) is 0 Å². The highest BCUT2D eigenvalue weighted by molar-refractivity contribution is 5.93. The van der Waals surface area contributed by atoms with Gasteiger partial charge in [-0.3, -0.25) is 4.79 Å². The number of nitrogens with zero attached hydrogens (tertiary/aromatic N) is 1. The van der Waals surface area contributed by atoms with Gasteiger partial charge in [0.2, 0.25) is 0 Å². The first kappa shape index (κ1) is 16.0. The predicted molar refractivity (Wildman–Crippen MR) is 86.1 cm³/mol. The Kier molecular flexibility index (Phi) is 5.51. The van der Waals surface area contributed by atoms with Gasteiger partial charge in [-0.1, -0.05) is 24.3 Å². The molecule has 1 heterocycles. The van der Waals surface area contributed by atoms with Crippen molar-refractivity contribution in [3.05, 3.63) is 71.1 Å². The van der Waals surface area contributed by atoms with E-state index in [9.17, 15) is 4.79 Å². The van der Waals surface area contributed by atoms with Crippen molar-refractivity contribution in [2.75, 3.05) is 7.05 Å². The van der Waals surface area contributed by atoms with Crippen LogP contribution in [0, 0.1) is 0 Å². The minimum absolute atomic E-state index is 0.0876. The molecule has 0 aromatic carbocycles. The molecule has 2 nitrogen and oxygen atoms in total. The molecule has 0 unspecified atom stereocenters. The van der Waals surface area contributed by atoms with E-state index in [-0.39, 0.29) is 5.78 Å². The molecule has 1 rings (SSSR count). The molecule has 0 aromatic heterocycles. The molecule has 1 aliphatic heterocycles. The van der Waals surface area contributed by atoms with Gasteiger partial charge in [0.05, 0.1) is 0 Å². The van der Waals surface area contributed by atoms with E-state index in [1.807, 2.05) is 58.3 Å². The van der Waals surface area contributed by atoms with Gasteiger partial charge >= 0.3 is 0 Å². The van der Waals surface area contributed by atoms with Crippen LogP contribution in [0.1, 0.15) is 27.7 Å². The zero-order valence-electron chi connectivity index (χ0n) is 13.0. The van der Waals surface area contributed by atoms with Crippen LogP contribution < -0.4 is 0 Å². The van der Waals surface area contributed by atoms with Crippen LogP contribution in [0.3, 0.4) is 0 Å². The molecule has 2 heteroatoms. The van der Waals surface area contributed by atoms with Gasteiger partial charge in [-0.05, 0) is 57.1 Å². The molecule has 0 N–H and O–H groups in total. The first-order chi connectivity index (χ1) is 9.38. The molecule has 0 spiro atoms. The predicted octanol–water partition coefficient (Wildman–Crippen LogP) is 4.31. The van der Waals surface area contributed by atoms with E-state index in [2.05, 4.69) is 17.6 Å². The summed E-state index contributed by atoms with van der Waals surface area (Å²) in [5.41, 5.74) is 5.07. The number of hydrogen-bond acceptors (Lipinski definition) is 2. The molecule has 0 fully saturated rings. The molecule has 0 atom stereocenters. The zero-order chi connectivity index (χ0) is 15.3. The van der Waals surface area contributed by atoms with Crippen molar-refractivity contribution in [2.24, 2.45) is 0 Å². The summed E-state index contributed by atoms with van der Waals surface area (Å²) in [5, 5.41) is 0. The van der Waals surface area contributed by atoms with Crippen LogP contribution in [0.25, 0.3) is 0 Å². The summed E-state index contributed by atoms with van der Waals surface area (Å²) >= 11 is 0. The van der Waals surface area contributed by atoms with Gasteiger partial charge < -0.3 is 4.90 Å². The molecule has 0 aliphatic carbocycles. The van der Waals surface area contributed by atoms with Gasteiger partial charge in [0, 0.05) is 24.5 Å². The fourth-order valence-electron chi connectivity index (χ4n) is 1.97. The fraction of sp³-hybridized carbons (Fsp3) is 0.278. The lowest BCUT2D eigenvalue weighted by Crippen LogP contribution is -2.13. The number of carbonyl (C=O) groups excluding carboxylic acids is 1. The highest BCUT2D eigenvalue weighted by Gasteiger charge is 2.12. The number of Topliss-reactive ketones (excluding diaryl/α,β-unsaturated/α-hetero) is 1. The van der Waals surface area contributed by atoms with Crippen molar-refractivity contribution >= 4 is 5.78 Å². The monoisotopic (exact) mass is 269 g/mol. The van der Waals surface area contributed by atoms with Gasteiger partial charge in [-0.25, -0.2) is 0 Å². The van der Waals surface area contributed by atoms with Crippen molar-refractivity contribution in [2.45, 2.75) is 27.7 Å². The normalized spacial score (nSPS) is 17.1. The third-order valence-corrected chi connectivity index (χ3v) is 3.28. The van der Waals surface area contributed by atoms with Crippen LogP contribution >= 0.6 is 0 Å². The van der Waals surface area contributed by atoms with Gasteiger partial charge in [0.25, 0.3) is 0 Å². The van der Waals surface area contributed by atoms with Crippen LogP contribution in [-0.4, -0.2) is 17.7 Å². The Hall–Kier alpha value is -2.09. The lowest BCUT2D eigenvalue weighted by Gasteiger charge is -2.22. The summed E-state index contributed by atoms with van der Waals surface area (Å²) in [6.45, 7) is 11.5. The third-order valence-electron chi connectivity index (χ3n) is 3.28. The van der Waals surface area contributed by atoms with E-state index in [0.717, 1.165) is 28.0 Å². The number of carbonyl (C=O) groups is 1. The van der Waals surface area contributed by atoms with Crippen molar-refractivity contribution in [3.63, 3.8) is 0 Å². The molecule has 0 radical (unpaired) electrons. The van der Waals surface area contributed by atoms with Gasteiger partial charge in [0.1, 0.15) is 0 Å². The molecule has 1 aliphatic rings. The molecule has 0 bridgehead atoms. The highest BCUT2D eigenvalue weighted by Crippen LogP contribution is 2.26. The van der Waals surface area contributed by atoms with Crippen molar-refractivity contribution in [1.29, 1.82) is 0 Å². The Morgan fingerprint density at radius 2 is 1.85 bits per heavy atom. The maximum absolute atomic E-state index is 11.5. The smallest absolute Gasteiger partial charge is 0.155 e. The van der Waals surface area contributed by atoms with Gasteiger partial charge in [0.15, 0.2) is 5.78 Å². The van der Waals surface area contributed by atoms with E-state index >= 15 is 0 Å². The van der Waals surface area contributed by atoms with Crippen LogP contribution in [0.2, 0.25) is 0 Å². The summed E-state index contributed by atoms with van der Waals surface area (Å²) in [6, 6.07) is 0. The molecule has 106 valence electrons. The van der Waals surface area contributed by atoms with E-state index in [1.54, 1.807) is 6.92 Å². The average molecular weight is 269 g/mol. The number of likely N-dealkylation sites (N-methyl/N-ethyl adjacent to an activating group) is 1. The first-order valence-electron chi connectivity index (χ1n) is 6.70. The van der Waals surface area contributed by atoms with Crippen LogP contribution in [0.15, 0.2) is 71.1 Å². The molecule has 0 amide bonds. The number of allylic oxidation sites excluding steroid dienone is 9. The molecule has 20 heavy (non-hydrogen) atoms. The van der Waals surface area contributed by atoms with Crippen LogP contribution in [-0.2, 0) is 4.79 Å². The van der Waals surface area contributed by atoms with Crippen molar-refractivity contribution in [1.82, 2.24) is 4.90 Å². The topological polar surface area (TPSA) is 20.3 Å². The van der Waals surface area contributed by atoms with E-state index < -0.39 is 0 Å². The minimum atomic E-state index is 0.0876. The van der Waals surface area contributed by atoms with Gasteiger partial charge in [-0.15, -0.1) is 0 Å². The second-order valence-corrected chi connectivity index (χ2v) is 5.11. The SMILES string of the molecule is C=C/C(C(/C=C(\C)C(C)=O)=C(C)C)=C1/C=CC=CN1C. The van der Waals surface area contributed by atoms with Crippen molar-refractivity contribution < 1.29 is 4.79 Å². The molecule has 0 saturated carbocycles. The lowest BCUT2D eigenvalue weighted by atomic mass is 9.95. The maximum atomic E-state index is 11.5. The lowest BCUT2D eigenvalue weighted by molar-refractivity contribution is -0.113. The summed E-state index contributed by atoms with van der Waals surface area (Å²) < 4.78 is 0. The second-order valence-electron chi connectivity index (χ2n) is 5.11. The number of hydrogen-bond donors (Lipinski definition) is 0. The number of rotatable bonds is 4. The van der Waals surface area contributed by atoms with Crippen LogP contribution in [0.5, 0.6) is 0 Å². The average Bonchev–Trinajstić information content (AvgIpc) is 2.39. The third kappa shape index (κ3) is 3.70. The number of ketones is 1. The molecule has 0 aromatic rings. The summed E-state index contributed by atoms with van der Waals surface area (Å²) in [5.74, 6) is 0.0876. The molecule has 0 saturated heterocycles. The highest BCUT2D eigenvalue weighted by atomic mass is 16.1. The fourth-order valence-corrected chi connectivity index (χ4v) is 1.97. The molecular formula is C18H23NO. The Morgan fingerprint density at radius 3 is 2.30 bits per heavy atom. The largest absolute Gasteiger partial charge is 0.351 e. The summed E-state index contributed by atoms with van der Waals surface area (Å²) in [6.07, 6.45) is 11.8. The van der Waals surface area contributed by atoms with Crippen molar-refractivity contribution in [3.8, 4) is 0 Å². The van der Waals surface area contributed by atoms with E-state index in [4.69, 9.17) is 0 Å². The Morgan fingerprint density at radius 1 is 1.20 bits per heavy atom. The standard InChI is InChI=1S/C18H23NO/c1-7-16(18-10-8-9-11-19(18)6)17(13(2)3)12-14(4)15(5)20/h7-12H,1H2,2-6H3/b14-12+,18-16+. The first-order valence-corrected chi connectivity index (χ1v) is 6.70. The quantitative estimate of drug-likeness (QED) is 0.560. The Labute approximate surface area is 122 Å². The van der Waals surface area contributed by atoms with E-state index in [0.29, 0.717) is 0 Å². The maximum Gasteiger partial charge on any atom is 0.155 e.